The molecule has 2 N–H and O–H groups in total. The molecule has 21 heavy (non-hydrogen) atoms. The maximum atomic E-state index is 13.4. The summed E-state index contributed by atoms with van der Waals surface area (Å²) in [6.45, 7) is 0.337. The third-order valence-corrected chi connectivity index (χ3v) is 3.39. The van der Waals surface area contributed by atoms with Crippen LogP contribution < -0.4 is 10.6 Å². The summed E-state index contributed by atoms with van der Waals surface area (Å²) in [5.41, 5.74) is 0.748. The number of hydrogen-bond acceptors (Lipinski definition) is 2. The monoisotopic (exact) mass is 326 g/mol. The number of amides is 1. The molecule has 110 valence electrons. The van der Waals surface area contributed by atoms with E-state index < -0.39 is 5.82 Å². The van der Waals surface area contributed by atoms with Gasteiger partial charge in [0.2, 0.25) is 5.91 Å². The summed E-state index contributed by atoms with van der Waals surface area (Å²) in [6, 6.07) is 11.2. The maximum absolute atomic E-state index is 13.4. The highest BCUT2D eigenvalue weighted by Gasteiger charge is 2.08. The van der Waals surface area contributed by atoms with Crippen LogP contribution in [0.25, 0.3) is 0 Å². The highest BCUT2D eigenvalue weighted by Crippen LogP contribution is 2.29. The van der Waals surface area contributed by atoms with Crippen molar-refractivity contribution in [3.63, 3.8) is 0 Å². The first-order chi connectivity index (χ1) is 10.1. The Morgan fingerprint density at radius 3 is 2.38 bits per heavy atom. The lowest BCUT2D eigenvalue weighted by atomic mass is 10.2. The van der Waals surface area contributed by atoms with Crippen LogP contribution in [0.2, 0.25) is 10.0 Å². The fraction of sp³-hybridized carbons (Fsp3) is 0.133. The van der Waals surface area contributed by atoms with Gasteiger partial charge in [-0.25, -0.2) is 4.39 Å². The van der Waals surface area contributed by atoms with Crippen molar-refractivity contribution < 1.29 is 9.18 Å². The Morgan fingerprint density at radius 2 is 1.71 bits per heavy atom. The molecule has 0 unspecified atom stereocenters. The van der Waals surface area contributed by atoms with E-state index in [4.69, 9.17) is 23.2 Å². The summed E-state index contributed by atoms with van der Waals surface area (Å²) in [5.74, 6) is -0.760. The van der Waals surface area contributed by atoms with Gasteiger partial charge in [0.25, 0.3) is 0 Å². The van der Waals surface area contributed by atoms with Crippen molar-refractivity contribution in [1.29, 1.82) is 0 Å². The molecule has 0 radical (unpaired) electrons. The van der Waals surface area contributed by atoms with Gasteiger partial charge in [0.1, 0.15) is 5.82 Å². The molecule has 2 aromatic carbocycles. The maximum Gasteiger partial charge on any atom is 0.226 e. The van der Waals surface area contributed by atoms with Crippen LogP contribution in [-0.2, 0) is 4.79 Å². The van der Waals surface area contributed by atoms with Crippen molar-refractivity contribution in [3.05, 3.63) is 58.3 Å². The Labute approximate surface area is 132 Å². The number of rotatable bonds is 5. The van der Waals surface area contributed by atoms with Gasteiger partial charge in [-0.05, 0) is 24.3 Å². The molecule has 2 aromatic rings. The molecule has 0 aliphatic carbocycles. The van der Waals surface area contributed by atoms with Gasteiger partial charge >= 0.3 is 0 Å². The lowest BCUT2D eigenvalue weighted by Gasteiger charge is -2.10. The van der Waals surface area contributed by atoms with Crippen molar-refractivity contribution in [2.24, 2.45) is 0 Å². The third-order valence-electron chi connectivity index (χ3n) is 2.76. The minimum absolute atomic E-state index is 0.163. The molecule has 0 spiro atoms. The van der Waals surface area contributed by atoms with Gasteiger partial charge in [0.15, 0.2) is 0 Å². The Bertz CT molecular complexity index is 629. The zero-order valence-corrected chi connectivity index (χ0v) is 12.5. The third kappa shape index (κ3) is 4.34. The highest BCUT2D eigenvalue weighted by molar-refractivity contribution is 6.39. The molecule has 0 atom stereocenters. The zero-order valence-electron chi connectivity index (χ0n) is 11.0. The molecule has 0 bridgehead atoms. The van der Waals surface area contributed by atoms with Crippen molar-refractivity contribution in [1.82, 2.24) is 0 Å². The van der Waals surface area contributed by atoms with Gasteiger partial charge in [-0.2, -0.15) is 0 Å². The van der Waals surface area contributed by atoms with Crippen LogP contribution >= 0.6 is 23.2 Å². The summed E-state index contributed by atoms with van der Waals surface area (Å²) in [5, 5.41) is 6.47. The van der Waals surface area contributed by atoms with Gasteiger partial charge in [0, 0.05) is 13.0 Å². The van der Waals surface area contributed by atoms with Gasteiger partial charge in [-0.1, -0.05) is 41.4 Å². The normalized spacial score (nSPS) is 10.2. The Hall–Kier alpha value is -1.78. The average Bonchev–Trinajstić information content (AvgIpc) is 2.45. The number of para-hydroxylation sites is 2. The van der Waals surface area contributed by atoms with Crippen molar-refractivity contribution in [3.8, 4) is 0 Å². The second-order valence-electron chi connectivity index (χ2n) is 4.30. The highest BCUT2D eigenvalue weighted by atomic mass is 35.5. The van der Waals surface area contributed by atoms with Crippen molar-refractivity contribution >= 4 is 40.5 Å². The predicted molar refractivity (Wildman–Crippen MR) is 84.6 cm³/mol. The minimum atomic E-state index is -0.465. The quantitative estimate of drug-likeness (QED) is 0.844. The van der Waals surface area contributed by atoms with Crippen LogP contribution in [0.5, 0.6) is 0 Å². The number of carbonyl (C=O) groups excluding carboxylic acids is 1. The van der Waals surface area contributed by atoms with E-state index in [0.29, 0.717) is 22.3 Å². The molecule has 3 nitrogen and oxygen atoms in total. The Morgan fingerprint density at radius 1 is 1.05 bits per heavy atom. The summed E-state index contributed by atoms with van der Waals surface area (Å²) < 4.78 is 13.4. The molecule has 0 saturated heterocycles. The first-order valence-electron chi connectivity index (χ1n) is 6.30. The molecule has 6 heteroatoms. The van der Waals surface area contributed by atoms with Crippen LogP contribution in [0.3, 0.4) is 0 Å². The molecule has 0 saturated carbocycles. The lowest BCUT2D eigenvalue weighted by molar-refractivity contribution is -0.116. The summed E-state index contributed by atoms with van der Waals surface area (Å²) in [4.78, 5) is 11.7. The smallest absolute Gasteiger partial charge is 0.226 e. The first-order valence-corrected chi connectivity index (χ1v) is 7.06. The van der Waals surface area contributed by atoms with E-state index >= 15 is 0 Å². The van der Waals surface area contributed by atoms with E-state index in [-0.39, 0.29) is 18.0 Å². The fourth-order valence-electron chi connectivity index (χ4n) is 1.74. The largest absolute Gasteiger partial charge is 0.382 e. The summed E-state index contributed by atoms with van der Waals surface area (Å²) in [6.07, 6.45) is 0.163. The topological polar surface area (TPSA) is 41.1 Å². The minimum Gasteiger partial charge on any atom is -0.382 e. The number of halogens is 3. The van der Waals surface area contributed by atoms with Crippen LogP contribution in [-0.4, -0.2) is 12.5 Å². The van der Waals surface area contributed by atoms with E-state index in [0.717, 1.165) is 0 Å². The van der Waals surface area contributed by atoms with Crippen LogP contribution in [0.4, 0.5) is 15.8 Å². The van der Waals surface area contributed by atoms with Crippen molar-refractivity contribution in [2.45, 2.75) is 6.42 Å². The van der Waals surface area contributed by atoms with Gasteiger partial charge in [-0.3, -0.25) is 4.79 Å². The van der Waals surface area contributed by atoms with Gasteiger partial charge < -0.3 is 10.6 Å². The number of hydrogen-bond donors (Lipinski definition) is 2. The number of carbonyl (C=O) groups is 1. The Kier molecular flexibility index (Phi) is 5.42. The lowest BCUT2D eigenvalue weighted by Crippen LogP contribution is -2.17. The number of nitrogens with one attached hydrogen (secondary N) is 2. The van der Waals surface area contributed by atoms with E-state index in [9.17, 15) is 9.18 Å². The fourth-order valence-corrected chi connectivity index (χ4v) is 2.27. The van der Waals surface area contributed by atoms with E-state index in [1.807, 2.05) is 0 Å². The molecular weight excluding hydrogens is 314 g/mol. The molecule has 0 fully saturated rings. The van der Waals surface area contributed by atoms with Crippen molar-refractivity contribution in [2.75, 3.05) is 17.2 Å². The standard InChI is InChI=1S/C15H13Cl2FN2O/c16-10-4-3-5-11(17)15(10)19-9-8-14(21)20-13-7-2-1-6-12(13)18/h1-7,19H,8-9H2,(H,20,21). The molecule has 0 aromatic heterocycles. The predicted octanol–water partition coefficient (Wildman–Crippen LogP) is 4.57. The molecule has 0 heterocycles. The second kappa shape index (κ2) is 7.29. The van der Waals surface area contributed by atoms with E-state index in [2.05, 4.69) is 10.6 Å². The van der Waals surface area contributed by atoms with Crippen LogP contribution in [0, 0.1) is 5.82 Å². The van der Waals surface area contributed by atoms with Crippen LogP contribution in [0.1, 0.15) is 6.42 Å². The number of benzene rings is 2. The Balaban J connectivity index is 1.86. The van der Waals surface area contributed by atoms with Crippen LogP contribution in [0.15, 0.2) is 42.5 Å². The summed E-state index contributed by atoms with van der Waals surface area (Å²) in [7, 11) is 0. The second-order valence-corrected chi connectivity index (χ2v) is 5.12. The SMILES string of the molecule is O=C(CCNc1c(Cl)cccc1Cl)Nc1ccccc1F. The summed E-state index contributed by atoms with van der Waals surface area (Å²) >= 11 is 12.0. The average molecular weight is 327 g/mol. The van der Waals surface area contributed by atoms with E-state index in [1.165, 1.54) is 12.1 Å². The van der Waals surface area contributed by atoms with Gasteiger partial charge in [-0.15, -0.1) is 0 Å². The molecule has 2 rings (SSSR count). The molecular formula is C15H13Cl2FN2O. The molecule has 0 aliphatic heterocycles. The molecule has 1 amide bonds. The molecule has 0 aliphatic rings. The number of anilines is 2. The zero-order chi connectivity index (χ0) is 15.2. The van der Waals surface area contributed by atoms with E-state index in [1.54, 1.807) is 30.3 Å². The first kappa shape index (κ1) is 15.6. The van der Waals surface area contributed by atoms with Gasteiger partial charge in [0.05, 0.1) is 21.4 Å².